The Morgan fingerprint density at radius 2 is 1.78 bits per heavy atom. The van der Waals surface area contributed by atoms with Crippen molar-refractivity contribution < 1.29 is 0 Å². The molecule has 1 fully saturated rings. The van der Waals surface area contributed by atoms with Gasteiger partial charge in [0.15, 0.2) is 0 Å². The Hall–Kier alpha value is -1.19. The molecule has 18 heavy (non-hydrogen) atoms. The smallest absolute Gasteiger partial charge is 0.223 e. The van der Waals surface area contributed by atoms with Crippen LogP contribution in [-0.4, -0.2) is 15.0 Å². The summed E-state index contributed by atoms with van der Waals surface area (Å²) < 4.78 is 0. The molecule has 0 radical (unpaired) electrons. The van der Waals surface area contributed by atoms with E-state index >= 15 is 0 Å². The zero-order chi connectivity index (χ0) is 13.0. The van der Waals surface area contributed by atoms with E-state index in [-0.39, 0.29) is 0 Å². The standard InChI is InChI=1S/C14H24N4/c1-3-10(2)12-16-13(18-14(15)17-12)11-8-6-4-5-7-9-11/h10-11H,3-9H2,1-2H3,(H2,15,16,17,18). The van der Waals surface area contributed by atoms with Crippen LogP contribution in [0.15, 0.2) is 0 Å². The van der Waals surface area contributed by atoms with E-state index in [4.69, 9.17) is 5.73 Å². The summed E-state index contributed by atoms with van der Waals surface area (Å²) >= 11 is 0. The fraction of sp³-hybridized carbons (Fsp3) is 0.786. The Morgan fingerprint density at radius 1 is 1.11 bits per heavy atom. The highest BCUT2D eigenvalue weighted by atomic mass is 15.1. The lowest BCUT2D eigenvalue weighted by molar-refractivity contribution is 0.546. The minimum Gasteiger partial charge on any atom is -0.368 e. The van der Waals surface area contributed by atoms with Gasteiger partial charge in [-0.15, -0.1) is 0 Å². The normalized spacial score (nSPS) is 19.4. The molecule has 2 N–H and O–H groups in total. The summed E-state index contributed by atoms with van der Waals surface area (Å²) in [6.45, 7) is 4.29. The Bertz CT molecular complexity index is 383. The van der Waals surface area contributed by atoms with Crippen LogP contribution in [0.25, 0.3) is 0 Å². The highest BCUT2D eigenvalue weighted by molar-refractivity contribution is 5.19. The van der Waals surface area contributed by atoms with Crippen molar-refractivity contribution in [3.63, 3.8) is 0 Å². The van der Waals surface area contributed by atoms with E-state index in [2.05, 4.69) is 28.8 Å². The van der Waals surface area contributed by atoms with Crippen molar-refractivity contribution in [2.24, 2.45) is 0 Å². The molecule has 100 valence electrons. The molecule has 2 rings (SSSR count). The summed E-state index contributed by atoms with van der Waals surface area (Å²) in [6.07, 6.45) is 8.69. The van der Waals surface area contributed by atoms with Gasteiger partial charge in [-0.1, -0.05) is 39.5 Å². The SMILES string of the molecule is CCC(C)c1nc(N)nc(C2CCCCCC2)n1. The summed E-state index contributed by atoms with van der Waals surface area (Å²) in [5.41, 5.74) is 5.84. The Morgan fingerprint density at radius 3 is 2.39 bits per heavy atom. The van der Waals surface area contributed by atoms with Crippen LogP contribution in [0, 0.1) is 0 Å². The van der Waals surface area contributed by atoms with Crippen LogP contribution in [0.1, 0.15) is 82.3 Å². The number of nitrogens with two attached hydrogens (primary N) is 1. The van der Waals surface area contributed by atoms with Gasteiger partial charge in [-0.05, 0) is 19.3 Å². The highest BCUT2D eigenvalue weighted by Gasteiger charge is 2.19. The minimum absolute atomic E-state index is 0.361. The first-order valence-electron chi connectivity index (χ1n) is 7.22. The zero-order valence-corrected chi connectivity index (χ0v) is 11.5. The molecule has 1 aromatic rings. The van der Waals surface area contributed by atoms with Gasteiger partial charge in [-0.2, -0.15) is 9.97 Å². The summed E-state index contributed by atoms with van der Waals surface area (Å²) in [5.74, 6) is 3.03. The maximum absolute atomic E-state index is 5.84. The largest absolute Gasteiger partial charge is 0.368 e. The monoisotopic (exact) mass is 248 g/mol. The van der Waals surface area contributed by atoms with Gasteiger partial charge in [0.05, 0.1) is 0 Å². The maximum Gasteiger partial charge on any atom is 0.223 e. The Balaban J connectivity index is 2.23. The zero-order valence-electron chi connectivity index (χ0n) is 11.5. The van der Waals surface area contributed by atoms with Crippen molar-refractivity contribution in [3.8, 4) is 0 Å². The molecular weight excluding hydrogens is 224 g/mol. The Kier molecular flexibility index (Phi) is 4.50. The molecule has 1 aliphatic carbocycles. The first-order chi connectivity index (χ1) is 8.70. The van der Waals surface area contributed by atoms with Crippen LogP contribution in [0.4, 0.5) is 5.95 Å². The van der Waals surface area contributed by atoms with Crippen molar-refractivity contribution in [1.29, 1.82) is 0 Å². The maximum atomic E-state index is 5.84. The molecular formula is C14H24N4. The Labute approximate surface area is 109 Å². The van der Waals surface area contributed by atoms with Gasteiger partial charge in [0, 0.05) is 11.8 Å². The number of hydrogen-bond donors (Lipinski definition) is 1. The van der Waals surface area contributed by atoms with Gasteiger partial charge in [-0.25, -0.2) is 4.98 Å². The minimum atomic E-state index is 0.361. The third-order valence-corrected chi connectivity index (χ3v) is 3.96. The van der Waals surface area contributed by atoms with Crippen molar-refractivity contribution in [3.05, 3.63) is 11.6 Å². The first-order valence-corrected chi connectivity index (χ1v) is 7.22. The lowest BCUT2D eigenvalue weighted by atomic mass is 9.99. The molecule has 0 aromatic carbocycles. The van der Waals surface area contributed by atoms with Crippen LogP contribution in [0.3, 0.4) is 0 Å². The lowest BCUT2D eigenvalue weighted by Crippen LogP contribution is -2.12. The second-order valence-electron chi connectivity index (χ2n) is 5.41. The van der Waals surface area contributed by atoms with E-state index < -0.39 is 0 Å². The first kappa shape index (κ1) is 13.2. The van der Waals surface area contributed by atoms with E-state index in [0.717, 1.165) is 18.1 Å². The molecule has 0 aliphatic heterocycles. The van der Waals surface area contributed by atoms with Gasteiger partial charge < -0.3 is 5.73 Å². The van der Waals surface area contributed by atoms with E-state index in [1.807, 2.05) is 0 Å². The van der Waals surface area contributed by atoms with Gasteiger partial charge >= 0.3 is 0 Å². The van der Waals surface area contributed by atoms with Crippen LogP contribution in [-0.2, 0) is 0 Å². The third-order valence-electron chi connectivity index (χ3n) is 3.96. The van der Waals surface area contributed by atoms with Crippen molar-refractivity contribution in [1.82, 2.24) is 15.0 Å². The van der Waals surface area contributed by atoms with E-state index in [9.17, 15) is 0 Å². The van der Waals surface area contributed by atoms with Gasteiger partial charge in [-0.3, -0.25) is 0 Å². The van der Waals surface area contributed by atoms with Crippen molar-refractivity contribution in [2.75, 3.05) is 5.73 Å². The van der Waals surface area contributed by atoms with E-state index in [0.29, 0.717) is 17.8 Å². The molecule has 0 saturated heterocycles. The summed E-state index contributed by atoms with van der Waals surface area (Å²) in [4.78, 5) is 13.3. The third kappa shape index (κ3) is 3.18. The van der Waals surface area contributed by atoms with E-state index in [1.165, 1.54) is 38.5 Å². The lowest BCUT2D eigenvalue weighted by Gasteiger charge is -2.15. The molecule has 1 unspecified atom stereocenters. The summed E-state index contributed by atoms with van der Waals surface area (Å²) in [5, 5.41) is 0. The molecule has 1 aromatic heterocycles. The van der Waals surface area contributed by atoms with Crippen LogP contribution in [0.2, 0.25) is 0 Å². The quantitative estimate of drug-likeness (QED) is 0.832. The van der Waals surface area contributed by atoms with Crippen LogP contribution in [0.5, 0.6) is 0 Å². The summed E-state index contributed by atoms with van der Waals surface area (Å²) in [6, 6.07) is 0. The second kappa shape index (κ2) is 6.12. The molecule has 1 atom stereocenters. The van der Waals surface area contributed by atoms with Gasteiger partial charge in [0.1, 0.15) is 11.6 Å². The van der Waals surface area contributed by atoms with Crippen LogP contribution < -0.4 is 5.73 Å². The predicted octanol–water partition coefficient (Wildman–Crippen LogP) is 3.41. The summed E-state index contributed by atoms with van der Waals surface area (Å²) in [7, 11) is 0. The van der Waals surface area contributed by atoms with E-state index in [1.54, 1.807) is 0 Å². The second-order valence-corrected chi connectivity index (χ2v) is 5.41. The fourth-order valence-corrected chi connectivity index (χ4v) is 2.55. The number of hydrogen-bond acceptors (Lipinski definition) is 4. The molecule has 4 nitrogen and oxygen atoms in total. The molecule has 0 amide bonds. The number of aromatic nitrogens is 3. The number of anilines is 1. The van der Waals surface area contributed by atoms with Gasteiger partial charge in [0.2, 0.25) is 5.95 Å². The van der Waals surface area contributed by atoms with Crippen molar-refractivity contribution in [2.45, 2.75) is 70.6 Å². The van der Waals surface area contributed by atoms with Gasteiger partial charge in [0.25, 0.3) is 0 Å². The number of rotatable bonds is 3. The number of nitrogens with zero attached hydrogens (tertiary/aromatic N) is 3. The molecule has 1 heterocycles. The van der Waals surface area contributed by atoms with Crippen LogP contribution >= 0.6 is 0 Å². The fourth-order valence-electron chi connectivity index (χ4n) is 2.55. The topological polar surface area (TPSA) is 64.7 Å². The number of nitrogen functional groups attached to an aromatic ring is 1. The van der Waals surface area contributed by atoms with Crippen molar-refractivity contribution >= 4 is 5.95 Å². The molecule has 1 saturated carbocycles. The molecule has 1 aliphatic rings. The highest BCUT2D eigenvalue weighted by Crippen LogP contribution is 2.30. The average Bonchev–Trinajstić information content (AvgIpc) is 2.66. The molecule has 4 heteroatoms. The molecule has 0 bridgehead atoms. The predicted molar refractivity (Wildman–Crippen MR) is 73.4 cm³/mol. The average molecular weight is 248 g/mol. The molecule has 0 spiro atoms.